The molecule has 1 aliphatic heterocycles. The number of aromatic nitrogens is 3. The SMILES string of the molecule is O=C(N[C@H]1CN[C@H](Cn2cccn2)C1)c1ncc(-c2cccc(OC(F)(F)F)c2)o1. The number of rotatable bonds is 6. The molecule has 3 aromatic rings. The second kappa shape index (κ2) is 8.19. The van der Waals surface area contributed by atoms with Crippen molar-refractivity contribution in [3.8, 4) is 17.1 Å². The van der Waals surface area contributed by atoms with Gasteiger partial charge in [0.1, 0.15) is 5.75 Å². The van der Waals surface area contributed by atoms with Crippen LogP contribution in [0.1, 0.15) is 17.1 Å². The van der Waals surface area contributed by atoms with Crippen LogP contribution in [0.4, 0.5) is 13.2 Å². The molecule has 1 fully saturated rings. The van der Waals surface area contributed by atoms with E-state index in [1.165, 1.54) is 24.4 Å². The molecule has 1 aliphatic rings. The Balaban J connectivity index is 1.36. The molecule has 0 saturated carbocycles. The lowest BCUT2D eigenvalue weighted by Gasteiger charge is -2.11. The maximum Gasteiger partial charge on any atom is 0.573 e. The number of amides is 1. The molecule has 3 heterocycles. The Bertz CT molecular complexity index is 1000. The van der Waals surface area contributed by atoms with Crippen LogP contribution >= 0.6 is 0 Å². The van der Waals surface area contributed by atoms with Crippen molar-refractivity contribution in [3.05, 3.63) is 54.8 Å². The molecule has 0 radical (unpaired) electrons. The summed E-state index contributed by atoms with van der Waals surface area (Å²) >= 11 is 0. The minimum atomic E-state index is -4.80. The van der Waals surface area contributed by atoms with E-state index in [1.807, 2.05) is 16.9 Å². The van der Waals surface area contributed by atoms with Crippen molar-refractivity contribution in [3.63, 3.8) is 0 Å². The van der Waals surface area contributed by atoms with Gasteiger partial charge in [-0.2, -0.15) is 5.10 Å². The van der Waals surface area contributed by atoms with E-state index in [1.54, 1.807) is 6.20 Å². The summed E-state index contributed by atoms with van der Waals surface area (Å²) in [5.74, 6) is -0.880. The van der Waals surface area contributed by atoms with Gasteiger partial charge in [-0.15, -0.1) is 13.2 Å². The Morgan fingerprint density at radius 3 is 3.00 bits per heavy atom. The topological polar surface area (TPSA) is 94.2 Å². The highest BCUT2D eigenvalue weighted by molar-refractivity contribution is 5.90. The van der Waals surface area contributed by atoms with Gasteiger partial charge in [0.15, 0.2) is 5.76 Å². The fraction of sp³-hybridized carbons (Fsp3) is 0.316. The minimum absolute atomic E-state index is 0.100. The Morgan fingerprint density at radius 1 is 1.37 bits per heavy atom. The molecule has 2 atom stereocenters. The number of hydrogen-bond acceptors (Lipinski definition) is 6. The standard InChI is InChI=1S/C19H18F3N5O3/c20-19(21,22)30-15-4-1-3-12(7-15)16-10-24-18(29-16)17(28)26-13-8-14(23-9-13)11-27-6-2-5-25-27/h1-7,10,13-14,23H,8-9,11H2,(H,26,28)/t13-,14+/m1/s1. The fourth-order valence-electron chi connectivity index (χ4n) is 3.31. The van der Waals surface area contributed by atoms with Crippen LogP contribution in [-0.4, -0.2) is 45.7 Å². The molecule has 2 N–H and O–H groups in total. The van der Waals surface area contributed by atoms with E-state index in [0.29, 0.717) is 18.7 Å². The molecule has 11 heteroatoms. The summed E-state index contributed by atoms with van der Waals surface area (Å²) < 4.78 is 48.3. The quantitative estimate of drug-likeness (QED) is 0.636. The van der Waals surface area contributed by atoms with Crippen LogP contribution in [0, 0.1) is 0 Å². The maximum atomic E-state index is 12.4. The Hall–Kier alpha value is -3.34. The molecule has 1 saturated heterocycles. The van der Waals surface area contributed by atoms with Gasteiger partial charge in [-0.3, -0.25) is 9.48 Å². The van der Waals surface area contributed by atoms with Crippen molar-refractivity contribution >= 4 is 5.91 Å². The number of halogens is 3. The van der Waals surface area contributed by atoms with E-state index in [4.69, 9.17) is 4.42 Å². The third-order valence-corrected chi connectivity index (χ3v) is 4.58. The molecule has 0 aliphatic carbocycles. The molecule has 1 aromatic carbocycles. The number of benzene rings is 1. The zero-order chi connectivity index (χ0) is 21.1. The van der Waals surface area contributed by atoms with E-state index < -0.39 is 12.3 Å². The Labute approximate surface area is 169 Å². The van der Waals surface area contributed by atoms with Crippen molar-refractivity contribution in [2.24, 2.45) is 0 Å². The van der Waals surface area contributed by atoms with Gasteiger partial charge in [0.25, 0.3) is 5.89 Å². The first kappa shape index (κ1) is 20.0. The molecule has 8 nitrogen and oxygen atoms in total. The van der Waals surface area contributed by atoms with Crippen LogP contribution in [0.3, 0.4) is 0 Å². The van der Waals surface area contributed by atoms with Gasteiger partial charge >= 0.3 is 12.3 Å². The van der Waals surface area contributed by atoms with Gasteiger partial charge in [-0.25, -0.2) is 4.98 Å². The van der Waals surface area contributed by atoms with E-state index in [0.717, 1.165) is 12.5 Å². The first-order valence-corrected chi connectivity index (χ1v) is 9.19. The molecule has 158 valence electrons. The lowest BCUT2D eigenvalue weighted by Crippen LogP contribution is -2.36. The summed E-state index contributed by atoms with van der Waals surface area (Å²) in [6.45, 7) is 1.29. The number of nitrogens with one attached hydrogen (secondary N) is 2. The molecule has 0 unspecified atom stereocenters. The summed E-state index contributed by atoms with van der Waals surface area (Å²) in [4.78, 5) is 16.4. The van der Waals surface area contributed by atoms with Gasteiger partial charge in [-0.1, -0.05) is 12.1 Å². The maximum absolute atomic E-state index is 12.4. The molecule has 0 spiro atoms. The van der Waals surface area contributed by atoms with E-state index in [2.05, 4.69) is 25.5 Å². The number of carbonyl (C=O) groups excluding carboxylic acids is 1. The van der Waals surface area contributed by atoms with Crippen LogP contribution in [-0.2, 0) is 6.54 Å². The first-order chi connectivity index (χ1) is 14.4. The second-order valence-electron chi connectivity index (χ2n) is 6.84. The van der Waals surface area contributed by atoms with Crippen molar-refractivity contribution in [2.75, 3.05) is 6.54 Å². The predicted octanol–water partition coefficient (Wildman–Crippen LogP) is 2.60. The van der Waals surface area contributed by atoms with Crippen LogP contribution in [0.15, 0.2) is 53.3 Å². The molecular weight excluding hydrogens is 403 g/mol. The predicted molar refractivity (Wildman–Crippen MR) is 98.5 cm³/mol. The summed E-state index contributed by atoms with van der Waals surface area (Å²) in [6.07, 6.45) is 0.788. The van der Waals surface area contributed by atoms with Crippen molar-refractivity contribution in [2.45, 2.75) is 31.4 Å². The van der Waals surface area contributed by atoms with E-state index >= 15 is 0 Å². The fourth-order valence-corrected chi connectivity index (χ4v) is 3.31. The highest BCUT2D eigenvalue weighted by Gasteiger charge is 2.31. The zero-order valence-electron chi connectivity index (χ0n) is 15.6. The average molecular weight is 421 g/mol. The van der Waals surface area contributed by atoms with Crippen LogP contribution in [0.25, 0.3) is 11.3 Å². The van der Waals surface area contributed by atoms with Crippen molar-refractivity contribution in [1.29, 1.82) is 0 Å². The number of carbonyl (C=O) groups is 1. The summed E-state index contributed by atoms with van der Waals surface area (Å²) in [5.41, 5.74) is 0.310. The molecule has 0 bridgehead atoms. The minimum Gasteiger partial charge on any atom is -0.432 e. The molecular formula is C19H18F3N5O3. The zero-order valence-corrected chi connectivity index (χ0v) is 15.6. The van der Waals surface area contributed by atoms with Gasteiger partial charge in [0, 0.05) is 36.6 Å². The third-order valence-electron chi connectivity index (χ3n) is 4.58. The molecule has 4 rings (SSSR count). The lowest BCUT2D eigenvalue weighted by atomic mass is 10.1. The van der Waals surface area contributed by atoms with E-state index in [-0.39, 0.29) is 29.5 Å². The number of alkyl halides is 3. The molecule has 2 aromatic heterocycles. The second-order valence-corrected chi connectivity index (χ2v) is 6.84. The van der Waals surface area contributed by atoms with Crippen LogP contribution in [0.5, 0.6) is 5.75 Å². The third kappa shape index (κ3) is 4.98. The van der Waals surface area contributed by atoms with Gasteiger partial charge in [0.2, 0.25) is 0 Å². The summed E-state index contributed by atoms with van der Waals surface area (Å²) in [6, 6.07) is 7.18. The molecule has 30 heavy (non-hydrogen) atoms. The van der Waals surface area contributed by atoms with Crippen LogP contribution < -0.4 is 15.4 Å². The number of nitrogens with zero attached hydrogens (tertiary/aromatic N) is 3. The number of hydrogen-bond donors (Lipinski definition) is 2. The average Bonchev–Trinajstić information content (AvgIpc) is 3.43. The smallest absolute Gasteiger partial charge is 0.432 e. The highest BCUT2D eigenvalue weighted by atomic mass is 19.4. The number of oxazole rings is 1. The largest absolute Gasteiger partial charge is 0.573 e. The first-order valence-electron chi connectivity index (χ1n) is 9.19. The normalized spacial score (nSPS) is 19.0. The Kier molecular flexibility index (Phi) is 5.44. The Morgan fingerprint density at radius 2 is 2.23 bits per heavy atom. The van der Waals surface area contributed by atoms with Gasteiger partial charge in [-0.05, 0) is 24.6 Å². The van der Waals surface area contributed by atoms with Crippen molar-refractivity contribution < 1.29 is 27.1 Å². The number of ether oxygens (including phenoxy) is 1. The highest BCUT2D eigenvalue weighted by Crippen LogP contribution is 2.28. The van der Waals surface area contributed by atoms with Crippen LogP contribution in [0.2, 0.25) is 0 Å². The monoisotopic (exact) mass is 421 g/mol. The summed E-state index contributed by atoms with van der Waals surface area (Å²) in [7, 11) is 0. The lowest BCUT2D eigenvalue weighted by molar-refractivity contribution is -0.274. The van der Waals surface area contributed by atoms with Gasteiger partial charge < -0.3 is 19.8 Å². The van der Waals surface area contributed by atoms with Gasteiger partial charge in [0.05, 0.1) is 12.7 Å². The molecule has 1 amide bonds. The van der Waals surface area contributed by atoms with E-state index in [9.17, 15) is 18.0 Å². The van der Waals surface area contributed by atoms with Crippen molar-refractivity contribution in [1.82, 2.24) is 25.4 Å². The summed E-state index contributed by atoms with van der Waals surface area (Å²) in [5, 5.41) is 10.3.